The average molecular weight is 263 g/mol. The second-order valence-corrected chi connectivity index (χ2v) is 3.86. The number of aromatic hydroxyl groups is 1. The molecule has 1 N–H and O–H groups in total. The molecule has 0 atom stereocenters. The fourth-order valence-electron chi connectivity index (χ4n) is 1.80. The molecule has 0 amide bonds. The highest BCUT2D eigenvalue weighted by Gasteiger charge is 2.13. The minimum Gasteiger partial charge on any atom is -0.494 e. The van der Waals surface area contributed by atoms with E-state index in [-0.39, 0.29) is 24.1 Å². The number of rotatable bonds is 2. The van der Waals surface area contributed by atoms with Crippen LogP contribution < -0.4 is 4.74 Å². The van der Waals surface area contributed by atoms with E-state index >= 15 is 0 Å². The summed E-state index contributed by atoms with van der Waals surface area (Å²) in [5.41, 5.74) is 0.465. The van der Waals surface area contributed by atoms with Gasteiger partial charge in [-0.15, -0.1) is 0 Å². The predicted molar refractivity (Wildman–Crippen MR) is 67.6 cm³/mol. The van der Waals surface area contributed by atoms with E-state index in [2.05, 4.69) is 4.74 Å². The van der Waals surface area contributed by atoms with Gasteiger partial charge in [-0.05, 0) is 19.1 Å². The summed E-state index contributed by atoms with van der Waals surface area (Å²) >= 11 is 0. The number of benzene rings is 1. The summed E-state index contributed by atoms with van der Waals surface area (Å²) in [6, 6.07) is 6.16. The van der Waals surface area contributed by atoms with E-state index in [1.165, 1.54) is 19.1 Å². The highest BCUT2D eigenvalue weighted by Crippen LogP contribution is 2.28. The van der Waals surface area contributed by atoms with Gasteiger partial charge in [0.25, 0.3) is 0 Å². The molecule has 19 heavy (non-hydrogen) atoms. The molecule has 2 rings (SSSR count). The van der Waals surface area contributed by atoms with E-state index in [0.717, 1.165) is 4.57 Å². The molecule has 0 fully saturated rings. The van der Waals surface area contributed by atoms with Gasteiger partial charge in [0.2, 0.25) is 5.91 Å². The van der Waals surface area contributed by atoms with Gasteiger partial charge in [-0.3, -0.25) is 9.36 Å². The highest BCUT2D eigenvalue weighted by atomic mass is 16.7. The van der Waals surface area contributed by atoms with Crippen LogP contribution >= 0.6 is 0 Å². The molecular weight excluding hydrogens is 250 g/mol. The van der Waals surface area contributed by atoms with Crippen molar-refractivity contribution in [2.24, 2.45) is 0 Å². The molecular formula is C13H13NO5. The topological polar surface area (TPSA) is 77.8 Å². The average Bonchev–Trinajstić information content (AvgIpc) is 2.64. The lowest BCUT2D eigenvalue weighted by Crippen LogP contribution is -2.10. The Kier molecular flexibility index (Phi) is 3.41. The summed E-state index contributed by atoms with van der Waals surface area (Å²) < 4.78 is 10.7. The van der Waals surface area contributed by atoms with E-state index in [0.29, 0.717) is 10.9 Å². The first-order valence-corrected chi connectivity index (χ1v) is 5.73. The van der Waals surface area contributed by atoms with Crippen LogP contribution in [0.4, 0.5) is 4.79 Å². The standard InChI is InChI=1S/C13H13NO5/c1-3-18-13(17)19-10-5-4-9-6-12(16)14(8(2)15)11(9)7-10/h4-7,16H,3H2,1-2H3. The zero-order valence-electron chi connectivity index (χ0n) is 10.5. The first-order chi connectivity index (χ1) is 9.02. The Morgan fingerprint density at radius 3 is 2.68 bits per heavy atom. The lowest BCUT2D eigenvalue weighted by molar-refractivity contribution is 0.0933. The molecule has 1 aromatic carbocycles. The first kappa shape index (κ1) is 12.9. The van der Waals surface area contributed by atoms with E-state index in [1.54, 1.807) is 19.1 Å². The summed E-state index contributed by atoms with van der Waals surface area (Å²) in [6.07, 6.45) is -0.813. The van der Waals surface area contributed by atoms with Crippen LogP contribution in [-0.2, 0) is 4.74 Å². The summed E-state index contributed by atoms with van der Waals surface area (Å²) in [6.45, 7) is 3.22. The van der Waals surface area contributed by atoms with Crippen LogP contribution in [0.15, 0.2) is 24.3 Å². The molecule has 1 aromatic heterocycles. The number of hydrogen-bond donors (Lipinski definition) is 1. The second kappa shape index (κ2) is 5.01. The van der Waals surface area contributed by atoms with Gasteiger partial charge < -0.3 is 14.6 Å². The first-order valence-electron chi connectivity index (χ1n) is 5.73. The van der Waals surface area contributed by atoms with Crippen LogP contribution in [0, 0.1) is 0 Å². The quantitative estimate of drug-likeness (QED) is 0.665. The number of ether oxygens (including phenoxy) is 2. The number of carbonyl (C=O) groups excluding carboxylic acids is 2. The van der Waals surface area contributed by atoms with Crippen molar-refractivity contribution in [3.05, 3.63) is 24.3 Å². The van der Waals surface area contributed by atoms with E-state index in [1.807, 2.05) is 0 Å². The summed E-state index contributed by atoms with van der Waals surface area (Å²) in [5, 5.41) is 10.3. The Morgan fingerprint density at radius 1 is 1.32 bits per heavy atom. The fourth-order valence-corrected chi connectivity index (χ4v) is 1.80. The third-order valence-electron chi connectivity index (χ3n) is 2.53. The Hall–Kier alpha value is -2.50. The zero-order valence-corrected chi connectivity index (χ0v) is 10.5. The van der Waals surface area contributed by atoms with Gasteiger partial charge in [0, 0.05) is 24.4 Å². The number of carbonyl (C=O) groups is 2. The van der Waals surface area contributed by atoms with Gasteiger partial charge >= 0.3 is 6.16 Å². The van der Waals surface area contributed by atoms with Crippen molar-refractivity contribution >= 4 is 23.0 Å². The van der Waals surface area contributed by atoms with Crippen LogP contribution in [0.2, 0.25) is 0 Å². The van der Waals surface area contributed by atoms with E-state index in [9.17, 15) is 14.7 Å². The Balaban J connectivity index is 2.41. The predicted octanol–water partition coefficient (Wildman–Crippen LogP) is 2.54. The van der Waals surface area contributed by atoms with Crippen molar-refractivity contribution in [2.45, 2.75) is 13.8 Å². The van der Waals surface area contributed by atoms with Gasteiger partial charge in [-0.2, -0.15) is 0 Å². The Labute approximate surface area is 109 Å². The summed E-state index contributed by atoms with van der Waals surface area (Å²) in [4.78, 5) is 22.7. The highest BCUT2D eigenvalue weighted by molar-refractivity contribution is 5.94. The maximum Gasteiger partial charge on any atom is 0.513 e. The van der Waals surface area contributed by atoms with Crippen LogP contribution in [0.3, 0.4) is 0 Å². The lowest BCUT2D eigenvalue weighted by atomic mass is 10.2. The number of nitrogens with zero attached hydrogens (tertiary/aromatic N) is 1. The number of fused-ring (bicyclic) bond motifs is 1. The number of aromatic nitrogens is 1. The maximum atomic E-state index is 11.4. The van der Waals surface area contributed by atoms with Gasteiger partial charge in [0.15, 0.2) is 5.88 Å². The SMILES string of the molecule is CCOC(=O)Oc1ccc2cc(O)n(C(C)=O)c2c1. The molecule has 0 saturated carbocycles. The summed E-state index contributed by atoms with van der Waals surface area (Å²) in [5.74, 6) is -0.247. The molecule has 0 aliphatic rings. The molecule has 0 radical (unpaired) electrons. The smallest absolute Gasteiger partial charge is 0.494 e. The molecule has 2 aromatic rings. The normalized spacial score (nSPS) is 10.4. The number of hydrogen-bond acceptors (Lipinski definition) is 5. The van der Waals surface area contributed by atoms with Crippen molar-refractivity contribution in [1.29, 1.82) is 0 Å². The molecule has 0 aliphatic carbocycles. The van der Waals surface area contributed by atoms with Crippen molar-refractivity contribution < 1.29 is 24.2 Å². The minimum absolute atomic E-state index is 0.157. The molecule has 6 heteroatoms. The summed E-state index contributed by atoms with van der Waals surface area (Å²) in [7, 11) is 0. The lowest BCUT2D eigenvalue weighted by Gasteiger charge is -2.05. The second-order valence-electron chi connectivity index (χ2n) is 3.86. The monoisotopic (exact) mass is 263 g/mol. The van der Waals surface area contributed by atoms with Gasteiger partial charge in [-0.1, -0.05) is 0 Å². The maximum absolute atomic E-state index is 11.4. The van der Waals surface area contributed by atoms with Crippen molar-refractivity contribution in [2.75, 3.05) is 6.61 Å². The molecule has 1 heterocycles. The molecule has 0 bridgehead atoms. The largest absolute Gasteiger partial charge is 0.513 e. The third-order valence-corrected chi connectivity index (χ3v) is 2.53. The molecule has 0 aliphatic heterocycles. The molecule has 6 nitrogen and oxygen atoms in total. The van der Waals surface area contributed by atoms with E-state index < -0.39 is 6.16 Å². The van der Waals surface area contributed by atoms with Gasteiger partial charge in [0.05, 0.1) is 12.1 Å². The zero-order chi connectivity index (χ0) is 14.0. The minimum atomic E-state index is -0.813. The van der Waals surface area contributed by atoms with Crippen LogP contribution in [0.25, 0.3) is 10.9 Å². The fraction of sp³-hybridized carbons (Fsp3) is 0.231. The van der Waals surface area contributed by atoms with Crippen molar-refractivity contribution in [3.63, 3.8) is 0 Å². The van der Waals surface area contributed by atoms with Crippen LogP contribution in [0.5, 0.6) is 11.6 Å². The molecule has 0 unspecified atom stereocenters. The van der Waals surface area contributed by atoms with Crippen LogP contribution in [0.1, 0.15) is 18.6 Å². The van der Waals surface area contributed by atoms with E-state index in [4.69, 9.17) is 4.74 Å². The van der Waals surface area contributed by atoms with Gasteiger partial charge in [-0.25, -0.2) is 4.79 Å². The molecule has 0 spiro atoms. The van der Waals surface area contributed by atoms with Gasteiger partial charge in [0.1, 0.15) is 5.75 Å². The van der Waals surface area contributed by atoms with Crippen LogP contribution in [-0.4, -0.2) is 28.3 Å². The Morgan fingerprint density at radius 2 is 2.05 bits per heavy atom. The Bertz CT molecular complexity index is 644. The van der Waals surface area contributed by atoms with Crippen molar-refractivity contribution in [1.82, 2.24) is 4.57 Å². The third kappa shape index (κ3) is 2.52. The molecule has 0 saturated heterocycles. The molecule has 100 valence electrons. The van der Waals surface area contributed by atoms with Crippen molar-refractivity contribution in [3.8, 4) is 11.6 Å².